The van der Waals surface area contributed by atoms with Crippen LogP contribution < -0.4 is 5.32 Å². The van der Waals surface area contributed by atoms with Crippen LogP contribution in [0.15, 0.2) is 35.7 Å². The summed E-state index contributed by atoms with van der Waals surface area (Å²) in [4.78, 5) is 23.6. The van der Waals surface area contributed by atoms with E-state index in [9.17, 15) is 9.59 Å². The zero-order valence-corrected chi connectivity index (χ0v) is 10.5. The molecule has 92 valence electrons. The Balaban J connectivity index is 2.32. The number of hydrogen-bond acceptors (Lipinski definition) is 3. The number of nitrogens with one attached hydrogen (secondary N) is 1. The van der Waals surface area contributed by atoms with Gasteiger partial charge in [0.2, 0.25) is 0 Å². The van der Waals surface area contributed by atoms with Crippen molar-refractivity contribution in [2.45, 2.75) is 6.92 Å². The number of thiophene rings is 1. The molecule has 0 aliphatic carbocycles. The lowest BCUT2D eigenvalue weighted by molar-refractivity contribution is 0.0697. The summed E-state index contributed by atoms with van der Waals surface area (Å²) in [6, 6.07) is 8.46. The van der Waals surface area contributed by atoms with Crippen LogP contribution in [0.2, 0.25) is 0 Å². The number of benzene rings is 1. The van der Waals surface area contributed by atoms with Crippen molar-refractivity contribution in [2.75, 3.05) is 5.32 Å². The Morgan fingerprint density at radius 1 is 1.22 bits per heavy atom. The van der Waals surface area contributed by atoms with Crippen LogP contribution in [-0.4, -0.2) is 17.0 Å². The van der Waals surface area contributed by atoms with E-state index in [-0.39, 0.29) is 11.5 Å². The molecule has 4 nitrogen and oxygen atoms in total. The minimum Gasteiger partial charge on any atom is -0.478 e. The van der Waals surface area contributed by atoms with Crippen LogP contribution in [0.4, 0.5) is 5.69 Å². The van der Waals surface area contributed by atoms with Crippen molar-refractivity contribution in [3.05, 3.63) is 51.7 Å². The van der Waals surface area contributed by atoms with Crippen molar-refractivity contribution in [2.24, 2.45) is 0 Å². The molecule has 0 spiro atoms. The first-order chi connectivity index (χ1) is 8.59. The van der Waals surface area contributed by atoms with E-state index < -0.39 is 5.97 Å². The Hall–Kier alpha value is -2.14. The first-order valence-corrected chi connectivity index (χ1v) is 6.15. The molecule has 0 radical (unpaired) electrons. The molecule has 0 aliphatic heterocycles. The molecule has 18 heavy (non-hydrogen) atoms. The standard InChI is InChI=1S/C13H11NO3S/c1-8-4-2-5-9(11(8)13(16)17)14-12(15)10-6-3-7-18-10/h2-7H,1H3,(H,14,15)(H,16,17). The van der Waals surface area contributed by atoms with Crippen LogP contribution in [-0.2, 0) is 0 Å². The Labute approximate surface area is 108 Å². The lowest BCUT2D eigenvalue weighted by Gasteiger charge is -2.09. The molecule has 0 atom stereocenters. The number of carbonyl (C=O) groups is 2. The SMILES string of the molecule is Cc1cccc(NC(=O)c2cccs2)c1C(=O)O. The molecule has 0 saturated heterocycles. The van der Waals surface area contributed by atoms with Gasteiger partial charge in [-0.2, -0.15) is 0 Å². The zero-order valence-electron chi connectivity index (χ0n) is 9.64. The van der Waals surface area contributed by atoms with Crippen LogP contribution in [0.3, 0.4) is 0 Å². The Morgan fingerprint density at radius 3 is 2.61 bits per heavy atom. The normalized spacial score (nSPS) is 10.1. The summed E-state index contributed by atoms with van der Waals surface area (Å²) in [7, 11) is 0. The van der Waals surface area contributed by atoms with Gasteiger partial charge in [-0.1, -0.05) is 18.2 Å². The highest BCUT2D eigenvalue weighted by Gasteiger charge is 2.15. The third kappa shape index (κ3) is 2.41. The largest absolute Gasteiger partial charge is 0.478 e. The van der Waals surface area contributed by atoms with E-state index in [0.717, 1.165) is 0 Å². The second-order valence-corrected chi connectivity index (χ2v) is 4.68. The Bertz CT molecular complexity index is 590. The van der Waals surface area contributed by atoms with Gasteiger partial charge >= 0.3 is 5.97 Å². The fourth-order valence-electron chi connectivity index (χ4n) is 1.65. The average molecular weight is 261 g/mol. The van der Waals surface area contributed by atoms with Gasteiger partial charge in [0.1, 0.15) is 0 Å². The molecule has 1 aromatic heterocycles. The summed E-state index contributed by atoms with van der Waals surface area (Å²) in [5.41, 5.74) is 1.06. The molecule has 1 heterocycles. The minimum atomic E-state index is -1.05. The number of aryl methyl sites for hydroxylation is 1. The molecule has 2 N–H and O–H groups in total. The zero-order chi connectivity index (χ0) is 13.1. The smallest absolute Gasteiger partial charge is 0.338 e. The van der Waals surface area contributed by atoms with Gasteiger partial charge in [0, 0.05) is 0 Å². The van der Waals surface area contributed by atoms with Gasteiger partial charge in [-0.05, 0) is 30.0 Å². The maximum atomic E-state index is 11.9. The van der Waals surface area contributed by atoms with Crippen LogP contribution in [0, 0.1) is 6.92 Å². The van der Waals surface area contributed by atoms with Crippen LogP contribution in [0.5, 0.6) is 0 Å². The molecule has 0 fully saturated rings. The van der Waals surface area contributed by atoms with Crippen molar-refractivity contribution in [3.63, 3.8) is 0 Å². The van der Waals surface area contributed by atoms with Gasteiger partial charge in [0.25, 0.3) is 5.91 Å². The van der Waals surface area contributed by atoms with Gasteiger partial charge < -0.3 is 10.4 Å². The molecular weight excluding hydrogens is 250 g/mol. The lowest BCUT2D eigenvalue weighted by atomic mass is 10.1. The summed E-state index contributed by atoms with van der Waals surface area (Å²) >= 11 is 1.31. The van der Waals surface area contributed by atoms with Gasteiger partial charge in [-0.15, -0.1) is 11.3 Å². The van der Waals surface area contributed by atoms with Crippen LogP contribution in [0.1, 0.15) is 25.6 Å². The topological polar surface area (TPSA) is 66.4 Å². The van der Waals surface area contributed by atoms with Crippen molar-refractivity contribution >= 4 is 28.9 Å². The second-order valence-electron chi connectivity index (χ2n) is 3.73. The van der Waals surface area contributed by atoms with E-state index in [1.165, 1.54) is 11.3 Å². The first kappa shape index (κ1) is 12.3. The van der Waals surface area contributed by atoms with Gasteiger partial charge in [0.15, 0.2) is 0 Å². The Morgan fingerprint density at radius 2 is 2.00 bits per heavy atom. The van der Waals surface area contributed by atoms with E-state index >= 15 is 0 Å². The third-order valence-electron chi connectivity index (χ3n) is 2.48. The van der Waals surface area contributed by atoms with E-state index in [0.29, 0.717) is 16.1 Å². The molecule has 2 aromatic rings. The molecule has 5 heteroatoms. The summed E-state index contributed by atoms with van der Waals surface area (Å²) in [5.74, 6) is -1.34. The highest BCUT2D eigenvalue weighted by molar-refractivity contribution is 7.12. The van der Waals surface area contributed by atoms with E-state index in [1.807, 2.05) is 0 Å². The number of hydrogen-bond donors (Lipinski definition) is 2. The molecule has 0 unspecified atom stereocenters. The fraction of sp³-hybridized carbons (Fsp3) is 0.0769. The van der Waals surface area contributed by atoms with E-state index in [4.69, 9.17) is 5.11 Å². The summed E-state index contributed by atoms with van der Waals surface area (Å²) in [6.45, 7) is 1.70. The fourth-order valence-corrected chi connectivity index (χ4v) is 2.27. The van der Waals surface area contributed by atoms with Crippen LogP contribution in [0.25, 0.3) is 0 Å². The first-order valence-electron chi connectivity index (χ1n) is 5.27. The van der Waals surface area contributed by atoms with Crippen molar-refractivity contribution in [3.8, 4) is 0 Å². The Kier molecular flexibility index (Phi) is 3.43. The van der Waals surface area contributed by atoms with Gasteiger partial charge in [0.05, 0.1) is 16.1 Å². The number of carboxylic acids is 1. The van der Waals surface area contributed by atoms with Gasteiger partial charge in [-0.25, -0.2) is 4.79 Å². The molecule has 0 saturated carbocycles. The number of anilines is 1. The van der Waals surface area contributed by atoms with Gasteiger partial charge in [-0.3, -0.25) is 4.79 Å². The van der Waals surface area contributed by atoms with Crippen molar-refractivity contribution < 1.29 is 14.7 Å². The molecule has 2 rings (SSSR count). The second kappa shape index (κ2) is 5.01. The van der Waals surface area contributed by atoms with Crippen molar-refractivity contribution in [1.29, 1.82) is 0 Å². The number of carboxylic acid groups (broad SMARTS) is 1. The maximum Gasteiger partial charge on any atom is 0.338 e. The number of rotatable bonds is 3. The van der Waals surface area contributed by atoms with E-state index in [2.05, 4.69) is 5.32 Å². The van der Waals surface area contributed by atoms with Crippen molar-refractivity contribution in [1.82, 2.24) is 0 Å². The highest BCUT2D eigenvalue weighted by Crippen LogP contribution is 2.21. The summed E-state index contributed by atoms with van der Waals surface area (Å²) in [6.07, 6.45) is 0. The minimum absolute atomic E-state index is 0.127. The number of carbonyl (C=O) groups excluding carboxylic acids is 1. The molecular formula is C13H11NO3S. The monoisotopic (exact) mass is 261 g/mol. The molecule has 1 amide bonds. The summed E-state index contributed by atoms with van der Waals surface area (Å²) < 4.78 is 0. The quantitative estimate of drug-likeness (QED) is 0.892. The molecule has 0 aliphatic rings. The number of aromatic carboxylic acids is 1. The van der Waals surface area contributed by atoms with E-state index in [1.54, 1.807) is 42.6 Å². The highest BCUT2D eigenvalue weighted by atomic mass is 32.1. The predicted molar refractivity (Wildman–Crippen MR) is 70.4 cm³/mol. The average Bonchev–Trinajstić information content (AvgIpc) is 2.81. The molecule has 0 bridgehead atoms. The van der Waals surface area contributed by atoms with Crippen LogP contribution >= 0.6 is 11.3 Å². The summed E-state index contributed by atoms with van der Waals surface area (Å²) in [5, 5.41) is 13.6. The lowest BCUT2D eigenvalue weighted by Crippen LogP contribution is -2.14. The maximum absolute atomic E-state index is 11.9. The number of amides is 1. The predicted octanol–water partition coefficient (Wildman–Crippen LogP) is 3.01. The third-order valence-corrected chi connectivity index (χ3v) is 3.35. The molecule has 1 aromatic carbocycles.